The van der Waals surface area contributed by atoms with E-state index >= 15 is 0 Å². The van der Waals surface area contributed by atoms with Crippen molar-refractivity contribution in [3.8, 4) is 0 Å². The van der Waals surface area contributed by atoms with E-state index in [1.807, 2.05) is 6.08 Å². The van der Waals surface area contributed by atoms with Crippen molar-refractivity contribution < 1.29 is 19.2 Å². The SMILES string of the molecule is CCC(CC)(c1ccc(C=CC2(O)CCOCC2)c(C)c1)c1ccc(B2OC(C)(C)C(C)(C)O2)c(C)c1. The Hall–Kier alpha value is -1.92. The average Bonchev–Trinajstić information content (AvgIpc) is 3.06. The summed E-state index contributed by atoms with van der Waals surface area (Å²) in [5.74, 6) is 0. The molecule has 0 saturated carbocycles. The third kappa shape index (κ3) is 5.34. The van der Waals surface area contributed by atoms with Crippen molar-refractivity contribution in [3.05, 3.63) is 70.3 Å². The van der Waals surface area contributed by atoms with Crippen molar-refractivity contribution >= 4 is 18.7 Å². The predicted molar refractivity (Wildman–Crippen MR) is 153 cm³/mol. The molecule has 0 radical (unpaired) electrons. The standard InChI is InChI=1S/C32H45BO4/c1-9-32(10-2,26-12-11-25(23(3)21-26)15-16-31(34)17-19-35-20-18-31)27-13-14-28(24(4)22-27)33-36-29(5,6)30(7,8)37-33/h11-16,21-22,34H,9-10,17-20H2,1-8H3. The first-order valence-electron chi connectivity index (χ1n) is 13.9. The maximum absolute atomic E-state index is 10.8. The van der Waals surface area contributed by atoms with Crippen molar-refractivity contribution in [2.24, 2.45) is 0 Å². The fourth-order valence-corrected chi connectivity index (χ4v) is 5.74. The highest BCUT2D eigenvalue weighted by Gasteiger charge is 2.52. The number of aryl methyl sites for hydroxylation is 2. The van der Waals surface area contributed by atoms with Crippen molar-refractivity contribution in [2.75, 3.05) is 13.2 Å². The van der Waals surface area contributed by atoms with Gasteiger partial charge in [0.1, 0.15) is 0 Å². The molecule has 1 N–H and O–H groups in total. The van der Waals surface area contributed by atoms with Gasteiger partial charge in [0.15, 0.2) is 0 Å². The molecular formula is C32H45BO4. The van der Waals surface area contributed by atoms with Gasteiger partial charge in [0.05, 0.1) is 16.8 Å². The molecule has 2 fully saturated rings. The Morgan fingerprint density at radius 2 is 1.41 bits per heavy atom. The van der Waals surface area contributed by atoms with E-state index in [2.05, 4.69) is 97.9 Å². The van der Waals surface area contributed by atoms with Gasteiger partial charge >= 0.3 is 7.12 Å². The summed E-state index contributed by atoms with van der Waals surface area (Å²) in [5, 5.41) is 10.8. The van der Waals surface area contributed by atoms with Crippen LogP contribution >= 0.6 is 0 Å². The first kappa shape index (κ1) is 28.1. The minimum atomic E-state index is -0.767. The lowest BCUT2D eigenvalue weighted by Crippen LogP contribution is -2.41. The molecule has 2 aromatic rings. The molecule has 4 nitrogen and oxygen atoms in total. The summed E-state index contributed by atoms with van der Waals surface area (Å²) in [6.07, 6.45) is 7.35. The largest absolute Gasteiger partial charge is 0.495 e. The molecule has 2 aliphatic rings. The van der Waals surface area contributed by atoms with Gasteiger partial charge in [-0.3, -0.25) is 0 Å². The molecule has 0 aromatic heterocycles. The molecule has 4 rings (SSSR count). The summed E-state index contributed by atoms with van der Waals surface area (Å²) in [6.45, 7) is 18.5. The third-order valence-corrected chi connectivity index (χ3v) is 9.29. The minimum Gasteiger partial charge on any atom is -0.399 e. The second-order valence-electron chi connectivity index (χ2n) is 12.1. The highest BCUT2D eigenvalue weighted by Crippen LogP contribution is 2.41. The second kappa shape index (κ2) is 10.3. The Balaban J connectivity index is 1.63. The van der Waals surface area contributed by atoms with Gasteiger partial charge in [-0.15, -0.1) is 0 Å². The smallest absolute Gasteiger partial charge is 0.399 e. The van der Waals surface area contributed by atoms with Crippen LogP contribution in [-0.2, 0) is 19.5 Å². The Morgan fingerprint density at radius 3 is 1.92 bits per heavy atom. The maximum Gasteiger partial charge on any atom is 0.495 e. The molecule has 0 aliphatic carbocycles. The fourth-order valence-electron chi connectivity index (χ4n) is 5.74. The van der Waals surface area contributed by atoms with Crippen molar-refractivity contribution in [1.29, 1.82) is 0 Å². The highest BCUT2D eigenvalue weighted by molar-refractivity contribution is 6.62. The van der Waals surface area contributed by atoms with E-state index in [0.717, 1.165) is 23.9 Å². The van der Waals surface area contributed by atoms with Gasteiger partial charge in [-0.25, -0.2) is 0 Å². The van der Waals surface area contributed by atoms with Gasteiger partial charge in [0.25, 0.3) is 0 Å². The first-order valence-corrected chi connectivity index (χ1v) is 13.9. The van der Waals surface area contributed by atoms with E-state index in [1.165, 1.54) is 22.3 Å². The zero-order valence-electron chi connectivity index (χ0n) is 24.1. The van der Waals surface area contributed by atoms with Crippen LogP contribution in [0.25, 0.3) is 6.08 Å². The van der Waals surface area contributed by atoms with Gasteiger partial charge in [0.2, 0.25) is 0 Å². The summed E-state index contributed by atoms with van der Waals surface area (Å²) in [4.78, 5) is 0. The lowest BCUT2D eigenvalue weighted by molar-refractivity contribution is -0.0317. The molecule has 2 heterocycles. The van der Waals surface area contributed by atoms with Crippen LogP contribution in [0.5, 0.6) is 0 Å². The summed E-state index contributed by atoms with van der Waals surface area (Å²) >= 11 is 0. The summed E-state index contributed by atoms with van der Waals surface area (Å²) in [6, 6.07) is 13.6. The number of hydrogen-bond acceptors (Lipinski definition) is 4. The van der Waals surface area contributed by atoms with Crippen LogP contribution in [-0.4, -0.2) is 42.2 Å². The van der Waals surface area contributed by atoms with E-state index in [-0.39, 0.29) is 23.7 Å². The lowest BCUT2D eigenvalue weighted by atomic mass is 9.68. The van der Waals surface area contributed by atoms with Gasteiger partial charge in [-0.1, -0.05) is 68.0 Å². The van der Waals surface area contributed by atoms with Gasteiger partial charge in [-0.2, -0.15) is 0 Å². The maximum atomic E-state index is 10.8. The van der Waals surface area contributed by atoms with E-state index < -0.39 is 5.60 Å². The molecule has 0 bridgehead atoms. The highest BCUT2D eigenvalue weighted by atomic mass is 16.7. The number of hydrogen-bond donors (Lipinski definition) is 1. The van der Waals surface area contributed by atoms with Crippen molar-refractivity contribution in [3.63, 3.8) is 0 Å². The molecule has 0 amide bonds. The molecule has 2 aromatic carbocycles. The zero-order valence-corrected chi connectivity index (χ0v) is 24.1. The number of benzene rings is 2. The van der Waals surface area contributed by atoms with E-state index in [4.69, 9.17) is 14.0 Å². The van der Waals surface area contributed by atoms with Crippen LogP contribution in [0.2, 0.25) is 0 Å². The fraction of sp³-hybridized carbons (Fsp3) is 0.562. The Kier molecular flexibility index (Phi) is 7.85. The molecule has 0 spiro atoms. The minimum absolute atomic E-state index is 0.0782. The van der Waals surface area contributed by atoms with Crippen LogP contribution in [0.15, 0.2) is 42.5 Å². The molecule has 200 valence electrons. The summed E-state index contributed by atoms with van der Waals surface area (Å²) in [7, 11) is -0.351. The third-order valence-electron chi connectivity index (χ3n) is 9.29. The van der Waals surface area contributed by atoms with E-state index in [9.17, 15) is 5.11 Å². The van der Waals surface area contributed by atoms with E-state index in [0.29, 0.717) is 26.1 Å². The second-order valence-corrected chi connectivity index (χ2v) is 12.1. The Morgan fingerprint density at radius 1 is 0.865 bits per heavy atom. The van der Waals surface area contributed by atoms with Gasteiger partial charge in [-0.05, 0) is 82.1 Å². The monoisotopic (exact) mass is 504 g/mol. The molecule has 2 aliphatic heterocycles. The molecule has 37 heavy (non-hydrogen) atoms. The van der Waals surface area contributed by atoms with Crippen LogP contribution in [0.3, 0.4) is 0 Å². The van der Waals surface area contributed by atoms with Gasteiger partial charge in [0, 0.05) is 31.5 Å². The van der Waals surface area contributed by atoms with Crippen LogP contribution < -0.4 is 5.46 Å². The van der Waals surface area contributed by atoms with Crippen LogP contribution in [0.4, 0.5) is 0 Å². The molecule has 0 unspecified atom stereocenters. The predicted octanol–water partition coefficient (Wildman–Crippen LogP) is 6.26. The quantitative estimate of drug-likeness (QED) is 0.452. The van der Waals surface area contributed by atoms with Gasteiger partial charge < -0.3 is 19.2 Å². The number of aliphatic hydroxyl groups is 1. The lowest BCUT2D eigenvalue weighted by Gasteiger charge is -2.34. The number of ether oxygens (including phenoxy) is 1. The Labute approximate surface area is 224 Å². The van der Waals surface area contributed by atoms with Crippen molar-refractivity contribution in [2.45, 2.75) is 103 Å². The van der Waals surface area contributed by atoms with E-state index in [1.54, 1.807) is 0 Å². The molecule has 5 heteroatoms. The van der Waals surface area contributed by atoms with Crippen LogP contribution in [0.1, 0.15) is 95.0 Å². The van der Waals surface area contributed by atoms with Crippen LogP contribution in [0, 0.1) is 13.8 Å². The molecule has 0 atom stereocenters. The Bertz CT molecular complexity index is 1120. The average molecular weight is 505 g/mol. The topological polar surface area (TPSA) is 47.9 Å². The summed E-state index contributed by atoms with van der Waals surface area (Å²) in [5.41, 5.74) is 5.78. The normalized spacial score (nSPS) is 21.1. The number of rotatable bonds is 7. The molecular weight excluding hydrogens is 459 g/mol. The zero-order chi connectivity index (χ0) is 27.1. The molecule has 2 saturated heterocycles. The summed E-state index contributed by atoms with van der Waals surface area (Å²) < 4.78 is 18.1. The first-order chi connectivity index (χ1) is 17.4. The van der Waals surface area contributed by atoms with Crippen molar-refractivity contribution in [1.82, 2.24) is 0 Å².